The second kappa shape index (κ2) is 4.18. The molecule has 2 aliphatic carbocycles. The van der Waals surface area contributed by atoms with Crippen molar-refractivity contribution in [1.29, 1.82) is 0 Å². The zero-order chi connectivity index (χ0) is 9.26. The highest BCUT2D eigenvalue weighted by Crippen LogP contribution is 2.48. The smallest absolute Gasteiger partial charge is 0.0351 e. The Morgan fingerprint density at radius 1 is 1.31 bits per heavy atom. The summed E-state index contributed by atoms with van der Waals surface area (Å²) in [4.78, 5) is 2.40. The Bertz CT molecular complexity index is 171. The van der Waals surface area contributed by atoms with Crippen LogP contribution in [-0.2, 0) is 0 Å². The van der Waals surface area contributed by atoms with Crippen LogP contribution in [0.2, 0.25) is 0 Å². The molecule has 1 nitrogen and oxygen atoms in total. The minimum atomic E-state index is 0.775. The van der Waals surface area contributed by atoms with Gasteiger partial charge < -0.3 is 4.90 Å². The molecule has 3 atom stereocenters. The molecule has 0 aromatic heterocycles. The normalized spacial score (nSPS) is 37.6. The predicted octanol–water partition coefficient (Wildman–Crippen LogP) is 2.59. The highest BCUT2D eigenvalue weighted by Gasteiger charge is 2.39. The van der Waals surface area contributed by atoms with E-state index in [0.717, 1.165) is 30.2 Å². The zero-order valence-corrected chi connectivity index (χ0v) is 9.26. The van der Waals surface area contributed by atoms with Crippen molar-refractivity contribution in [3.63, 3.8) is 0 Å². The van der Waals surface area contributed by atoms with Gasteiger partial charge in [-0.05, 0) is 44.1 Å². The second-order valence-electron chi connectivity index (χ2n) is 4.89. The first kappa shape index (κ1) is 9.79. The summed E-state index contributed by atoms with van der Waals surface area (Å²) in [6.07, 6.45) is 6.04. The number of fused-ring (bicyclic) bond motifs is 2. The first-order chi connectivity index (χ1) is 6.29. The van der Waals surface area contributed by atoms with Gasteiger partial charge in [-0.3, -0.25) is 0 Å². The molecule has 76 valence electrons. The SMILES string of the molecule is CN(CCCl)CC1CC2CCC1C2. The summed E-state index contributed by atoms with van der Waals surface area (Å²) in [6.45, 7) is 2.34. The predicted molar refractivity (Wildman–Crippen MR) is 57.2 cm³/mol. The molecule has 2 aliphatic rings. The van der Waals surface area contributed by atoms with Crippen molar-refractivity contribution in [2.45, 2.75) is 25.7 Å². The lowest BCUT2D eigenvalue weighted by Gasteiger charge is -2.26. The van der Waals surface area contributed by atoms with Gasteiger partial charge in [0, 0.05) is 19.0 Å². The standard InChI is InChI=1S/C11H20ClN/c1-13(5-4-12)8-11-7-9-2-3-10(11)6-9/h9-11H,2-8H2,1H3. The van der Waals surface area contributed by atoms with Crippen LogP contribution in [0.5, 0.6) is 0 Å². The molecule has 2 rings (SSSR count). The van der Waals surface area contributed by atoms with Gasteiger partial charge in [-0.25, -0.2) is 0 Å². The molecule has 0 amide bonds. The lowest BCUT2D eigenvalue weighted by atomic mass is 9.88. The van der Waals surface area contributed by atoms with Gasteiger partial charge in [-0.2, -0.15) is 0 Å². The summed E-state index contributed by atoms with van der Waals surface area (Å²) in [5.41, 5.74) is 0. The van der Waals surface area contributed by atoms with Crippen LogP contribution < -0.4 is 0 Å². The molecule has 2 fully saturated rings. The lowest BCUT2D eigenvalue weighted by Crippen LogP contribution is -2.30. The quantitative estimate of drug-likeness (QED) is 0.633. The first-order valence-electron chi connectivity index (χ1n) is 5.54. The van der Waals surface area contributed by atoms with Crippen molar-refractivity contribution in [1.82, 2.24) is 4.90 Å². The number of nitrogens with zero attached hydrogens (tertiary/aromatic N) is 1. The highest BCUT2D eigenvalue weighted by molar-refractivity contribution is 6.18. The van der Waals surface area contributed by atoms with E-state index < -0.39 is 0 Å². The summed E-state index contributed by atoms with van der Waals surface area (Å²) >= 11 is 5.72. The maximum atomic E-state index is 5.72. The molecule has 3 unspecified atom stereocenters. The Morgan fingerprint density at radius 3 is 2.69 bits per heavy atom. The van der Waals surface area contributed by atoms with Crippen molar-refractivity contribution in [2.75, 3.05) is 26.0 Å². The van der Waals surface area contributed by atoms with Crippen molar-refractivity contribution in [3.05, 3.63) is 0 Å². The van der Waals surface area contributed by atoms with Gasteiger partial charge in [-0.15, -0.1) is 11.6 Å². The summed E-state index contributed by atoms with van der Waals surface area (Å²) in [5, 5.41) is 0. The molecule has 2 bridgehead atoms. The molecular weight excluding hydrogens is 182 g/mol. The average Bonchev–Trinajstić information content (AvgIpc) is 2.65. The number of halogens is 1. The van der Waals surface area contributed by atoms with Gasteiger partial charge in [-0.1, -0.05) is 6.42 Å². The van der Waals surface area contributed by atoms with Gasteiger partial charge >= 0.3 is 0 Å². The number of hydrogen-bond donors (Lipinski definition) is 0. The van der Waals surface area contributed by atoms with Gasteiger partial charge in [0.2, 0.25) is 0 Å². The summed E-state index contributed by atoms with van der Waals surface area (Å²) < 4.78 is 0. The fourth-order valence-corrected chi connectivity index (χ4v) is 3.52. The van der Waals surface area contributed by atoms with Crippen LogP contribution in [0, 0.1) is 17.8 Å². The molecule has 2 saturated carbocycles. The van der Waals surface area contributed by atoms with E-state index >= 15 is 0 Å². The molecule has 0 aliphatic heterocycles. The zero-order valence-electron chi connectivity index (χ0n) is 8.51. The molecule has 0 aromatic carbocycles. The third-order valence-electron chi connectivity index (χ3n) is 3.90. The molecule has 0 N–H and O–H groups in total. The minimum absolute atomic E-state index is 0.775. The highest BCUT2D eigenvalue weighted by atomic mass is 35.5. The first-order valence-corrected chi connectivity index (χ1v) is 6.07. The Kier molecular flexibility index (Phi) is 3.15. The average molecular weight is 202 g/mol. The maximum absolute atomic E-state index is 5.72. The fourth-order valence-electron chi connectivity index (χ4n) is 3.24. The fraction of sp³-hybridized carbons (Fsp3) is 1.00. The van der Waals surface area contributed by atoms with Crippen molar-refractivity contribution in [3.8, 4) is 0 Å². The van der Waals surface area contributed by atoms with Crippen LogP contribution in [0.1, 0.15) is 25.7 Å². The lowest BCUT2D eigenvalue weighted by molar-refractivity contribution is 0.227. The molecular formula is C11H20ClN. The van der Waals surface area contributed by atoms with Gasteiger partial charge in [0.15, 0.2) is 0 Å². The van der Waals surface area contributed by atoms with E-state index in [0.29, 0.717) is 0 Å². The number of rotatable bonds is 4. The third kappa shape index (κ3) is 2.19. The second-order valence-corrected chi connectivity index (χ2v) is 5.26. The van der Waals surface area contributed by atoms with E-state index in [1.807, 2.05) is 0 Å². The van der Waals surface area contributed by atoms with Gasteiger partial charge in [0.05, 0.1) is 0 Å². The van der Waals surface area contributed by atoms with Gasteiger partial charge in [0.1, 0.15) is 0 Å². The Morgan fingerprint density at radius 2 is 2.15 bits per heavy atom. The number of hydrogen-bond acceptors (Lipinski definition) is 1. The van der Waals surface area contributed by atoms with Crippen LogP contribution in [0.25, 0.3) is 0 Å². The topological polar surface area (TPSA) is 3.24 Å². The minimum Gasteiger partial charge on any atom is -0.305 e. The van der Waals surface area contributed by atoms with Crippen LogP contribution in [0.4, 0.5) is 0 Å². The van der Waals surface area contributed by atoms with E-state index in [2.05, 4.69) is 11.9 Å². The van der Waals surface area contributed by atoms with E-state index in [1.54, 1.807) is 0 Å². The van der Waals surface area contributed by atoms with E-state index in [9.17, 15) is 0 Å². The molecule has 0 spiro atoms. The van der Waals surface area contributed by atoms with Crippen LogP contribution in [-0.4, -0.2) is 30.9 Å². The summed E-state index contributed by atoms with van der Waals surface area (Å²) in [7, 11) is 2.20. The monoisotopic (exact) mass is 201 g/mol. The molecule has 13 heavy (non-hydrogen) atoms. The van der Waals surface area contributed by atoms with Crippen molar-refractivity contribution >= 4 is 11.6 Å². The van der Waals surface area contributed by atoms with Crippen molar-refractivity contribution < 1.29 is 0 Å². The van der Waals surface area contributed by atoms with Gasteiger partial charge in [0.25, 0.3) is 0 Å². The third-order valence-corrected chi connectivity index (χ3v) is 4.07. The maximum Gasteiger partial charge on any atom is 0.0351 e. The molecule has 0 radical (unpaired) electrons. The Balaban J connectivity index is 1.76. The van der Waals surface area contributed by atoms with E-state index in [-0.39, 0.29) is 0 Å². The Labute approximate surface area is 86.4 Å². The molecule has 0 aromatic rings. The number of alkyl halides is 1. The molecule has 0 saturated heterocycles. The van der Waals surface area contributed by atoms with Crippen LogP contribution in [0.15, 0.2) is 0 Å². The molecule has 0 heterocycles. The Hall–Kier alpha value is 0.250. The van der Waals surface area contributed by atoms with Crippen molar-refractivity contribution in [2.24, 2.45) is 17.8 Å². The van der Waals surface area contributed by atoms with E-state index in [4.69, 9.17) is 11.6 Å². The molecule has 2 heteroatoms. The largest absolute Gasteiger partial charge is 0.305 e. The van der Waals surface area contributed by atoms with Crippen LogP contribution in [0.3, 0.4) is 0 Å². The van der Waals surface area contributed by atoms with Crippen LogP contribution >= 0.6 is 11.6 Å². The summed E-state index contributed by atoms with van der Waals surface area (Å²) in [6, 6.07) is 0. The summed E-state index contributed by atoms with van der Waals surface area (Å²) in [5.74, 6) is 3.91. The van der Waals surface area contributed by atoms with E-state index in [1.165, 1.54) is 32.2 Å².